The van der Waals surface area contributed by atoms with Gasteiger partial charge in [0.2, 0.25) is 0 Å². The maximum absolute atomic E-state index is 14.2. The Morgan fingerprint density at radius 2 is 1.92 bits per heavy atom. The molecule has 1 aliphatic rings. The lowest BCUT2D eigenvalue weighted by atomic mass is 9.99. The van der Waals surface area contributed by atoms with Gasteiger partial charge in [0, 0.05) is 19.5 Å². The van der Waals surface area contributed by atoms with Gasteiger partial charge in [0.15, 0.2) is 6.29 Å². The predicted molar refractivity (Wildman–Crippen MR) is 80.8 cm³/mol. The van der Waals surface area contributed by atoms with Crippen molar-refractivity contribution in [2.45, 2.75) is 42.7 Å². The smallest absolute Gasteiger partial charge is 0.379 e. The number of alkyl halides is 2. The molecule has 2 rings (SSSR count). The summed E-state index contributed by atoms with van der Waals surface area (Å²) in [4.78, 5) is 15.4. The van der Waals surface area contributed by atoms with Crippen molar-refractivity contribution >= 4 is 5.97 Å². The quantitative estimate of drug-likeness (QED) is 0.445. The summed E-state index contributed by atoms with van der Waals surface area (Å²) in [5, 5.41) is 29.2. The first-order valence-corrected chi connectivity index (χ1v) is 7.63. The number of aliphatic hydroxyl groups excluding tert-OH is 3. The Morgan fingerprint density at radius 1 is 1.31 bits per heavy atom. The van der Waals surface area contributed by atoms with Crippen LogP contribution in [0.25, 0.3) is 0 Å². The largest absolute Gasteiger partial charge is 0.458 e. The molecule has 26 heavy (non-hydrogen) atoms. The van der Waals surface area contributed by atoms with Crippen LogP contribution in [-0.4, -0.2) is 76.6 Å². The second kappa shape index (κ2) is 8.29. The van der Waals surface area contributed by atoms with Crippen LogP contribution >= 0.6 is 0 Å². The lowest BCUT2D eigenvalue weighted by molar-refractivity contribution is -0.296. The highest BCUT2D eigenvalue weighted by Crippen LogP contribution is 2.31. The maximum Gasteiger partial charge on any atom is 0.379 e. The monoisotopic (exact) mass is 378 g/mol. The molecule has 0 aliphatic carbocycles. The third-order valence-electron chi connectivity index (χ3n) is 4.01. The van der Waals surface area contributed by atoms with E-state index in [1.165, 1.54) is 31.6 Å². The van der Waals surface area contributed by atoms with E-state index in [2.05, 4.69) is 9.72 Å². The molecular weight excluding hydrogens is 358 g/mol. The number of rotatable bonds is 6. The summed E-state index contributed by atoms with van der Waals surface area (Å²) in [7, 11) is 1.17. The number of carbonyl (C=O) groups is 1. The van der Waals surface area contributed by atoms with Crippen molar-refractivity contribution in [2.24, 2.45) is 5.73 Å². The van der Waals surface area contributed by atoms with Crippen molar-refractivity contribution in [1.29, 1.82) is 0 Å². The van der Waals surface area contributed by atoms with Crippen LogP contribution in [0.15, 0.2) is 24.5 Å². The number of aliphatic hydroxyl groups is 3. The number of methoxy groups -OCH3 is 1. The average Bonchev–Trinajstić information content (AvgIpc) is 2.65. The number of pyridine rings is 1. The molecule has 0 bridgehead atoms. The number of carbonyl (C=O) groups excluding carboxylic acids is 1. The molecule has 146 valence electrons. The van der Waals surface area contributed by atoms with E-state index in [0.717, 1.165) is 0 Å². The van der Waals surface area contributed by atoms with Crippen LogP contribution < -0.4 is 5.73 Å². The molecule has 1 aliphatic heterocycles. The number of aromatic nitrogens is 1. The topological polar surface area (TPSA) is 144 Å². The zero-order chi connectivity index (χ0) is 19.5. The van der Waals surface area contributed by atoms with Gasteiger partial charge in [-0.3, -0.25) is 4.98 Å². The molecule has 1 fully saturated rings. The average molecular weight is 378 g/mol. The molecule has 0 spiro atoms. The van der Waals surface area contributed by atoms with E-state index in [1.54, 1.807) is 0 Å². The Balaban J connectivity index is 2.00. The van der Waals surface area contributed by atoms with Gasteiger partial charge in [-0.05, 0) is 17.7 Å². The summed E-state index contributed by atoms with van der Waals surface area (Å²) in [6, 6.07) is 0.510. The SMILES string of the molecule is CO[C@H]1O[C@H](COC(=O)C(F)(F)[C@@H](N)c2ccncc2)[C@H](O)[C@H](O)[C@H]1O. The van der Waals surface area contributed by atoms with E-state index in [1.807, 2.05) is 0 Å². The van der Waals surface area contributed by atoms with E-state index < -0.39 is 55.2 Å². The number of hydrogen-bond donors (Lipinski definition) is 4. The van der Waals surface area contributed by atoms with Crippen molar-refractivity contribution in [1.82, 2.24) is 4.98 Å². The Hall–Kier alpha value is -1.76. The van der Waals surface area contributed by atoms with Gasteiger partial charge in [-0.1, -0.05) is 0 Å². The molecule has 0 radical (unpaired) electrons. The minimum atomic E-state index is -4.06. The minimum absolute atomic E-state index is 0.0195. The molecule has 2 heterocycles. The number of nitrogens with zero attached hydrogens (tertiary/aromatic N) is 1. The predicted octanol–water partition coefficient (Wildman–Crippen LogP) is -1.29. The molecule has 0 aromatic carbocycles. The first-order chi connectivity index (χ1) is 12.2. The van der Waals surface area contributed by atoms with Crippen LogP contribution in [-0.2, 0) is 19.0 Å². The third-order valence-corrected chi connectivity index (χ3v) is 4.01. The zero-order valence-electron chi connectivity index (χ0n) is 13.7. The van der Waals surface area contributed by atoms with E-state index in [4.69, 9.17) is 15.2 Å². The van der Waals surface area contributed by atoms with E-state index >= 15 is 0 Å². The Kier molecular flexibility index (Phi) is 6.55. The minimum Gasteiger partial charge on any atom is -0.458 e. The number of halogens is 2. The number of esters is 1. The van der Waals surface area contributed by atoms with Crippen molar-refractivity contribution < 1.29 is 43.1 Å². The van der Waals surface area contributed by atoms with E-state index in [0.29, 0.717) is 0 Å². The van der Waals surface area contributed by atoms with Crippen LogP contribution in [0.3, 0.4) is 0 Å². The molecule has 0 saturated carbocycles. The van der Waals surface area contributed by atoms with Gasteiger partial charge < -0.3 is 35.3 Å². The number of hydrogen-bond acceptors (Lipinski definition) is 9. The van der Waals surface area contributed by atoms with E-state index in [9.17, 15) is 28.9 Å². The molecule has 1 saturated heterocycles. The molecule has 5 N–H and O–H groups in total. The van der Waals surface area contributed by atoms with Crippen molar-refractivity contribution in [3.05, 3.63) is 30.1 Å². The Labute approximate surface area is 147 Å². The summed E-state index contributed by atoms with van der Waals surface area (Å²) in [5.74, 6) is -5.98. The summed E-state index contributed by atoms with van der Waals surface area (Å²) in [6.07, 6.45) is -5.10. The fraction of sp³-hybridized carbons (Fsp3) is 0.600. The molecule has 11 heteroatoms. The fourth-order valence-corrected chi connectivity index (χ4v) is 2.41. The van der Waals surface area contributed by atoms with Gasteiger partial charge >= 0.3 is 11.9 Å². The van der Waals surface area contributed by atoms with Gasteiger partial charge in [0.25, 0.3) is 0 Å². The standard InChI is InChI=1S/C15H20F2N2O7/c1-24-13-11(22)10(21)9(20)8(26-13)6-25-14(23)15(16,17)12(18)7-2-4-19-5-3-7/h2-5,8-13,20-22H,6,18H2,1H3/t8-,9+,10+,11-,12+,13+/m1/s1. The Bertz CT molecular complexity index is 605. The van der Waals surface area contributed by atoms with Gasteiger partial charge in [0.1, 0.15) is 37.1 Å². The highest BCUT2D eigenvalue weighted by molar-refractivity contribution is 5.78. The second-order valence-corrected chi connectivity index (χ2v) is 5.73. The highest BCUT2D eigenvalue weighted by atomic mass is 19.3. The van der Waals surface area contributed by atoms with Crippen LogP contribution in [0.4, 0.5) is 8.78 Å². The van der Waals surface area contributed by atoms with Gasteiger partial charge in [0.05, 0.1) is 0 Å². The lowest BCUT2D eigenvalue weighted by Gasteiger charge is -2.39. The van der Waals surface area contributed by atoms with Crippen molar-refractivity contribution in [3.8, 4) is 0 Å². The van der Waals surface area contributed by atoms with Crippen LogP contribution in [0.1, 0.15) is 11.6 Å². The Morgan fingerprint density at radius 3 is 2.50 bits per heavy atom. The summed E-state index contributed by atoms with van der Waals surface area (Å²) >= 11 is 0. The first kappa shape index (κ1) is 20.6. The maximum atomic E-state index is 14.2. The number of nitrogens with two attached hydrogens (primary N) is 1. The molecule has 1 aromatic heterocycles. The van der Waals surface area contributed by atoms with Crippen molar-refractivity contribution in [3.63, 3.8) is 0 Å². The molecule has 1 aromatic rings. The molecule has 6 atom stereocenters. The fourth-order valence-electron chi connectivity index (χ4n) is 2.41. The molecule has 0 unspecified atom stereocenters. The molecule has 9 nitrogen and oxygen atoms in total. The second-order valence-electron chi connectivity index (χ2n) is 5.73. The third kappa shape index (κ3) is 4.14. The summed E-state index contributed by atoms with van der Waals surface area (Å²) in [6.45, 7) is -0.803. The van der Waals surface area contributed by atoms with E-state index in [-0.39, 0.29) is 5.56 Å². The lowest BCUT2D eigenvalue weighted by Crippen LogP contribution is -2.59. The van der Waals surface area contributed by atoms with Crippen LogP contribution in [0.2, 0.25) is 0 Å². The first-order valence-electron chi connectivity index (χ1n) is 7.63. The molecular formula is C15H20F2N2O7. The normalized spacial score (nSPS) is 30.7. The van der Waals surface area contributed by atoms with Gasteiger partial charge in [-0.2, -0.15) is 8.78 Å². The van der Waals surface area contributed by atoms with Crippen molar-refractivity contribution in [2.75, 3.05) is 13.7 Å². The van der Waals surface area contributed by atoms with Gasteiger partial charge in [-0.15, -0.1) is 0 Å². The number of ether oxygens (including phenoxy) is 3. The highest BCUT2D eigenvalue weighted by Gasteiger charge is 2.49. The summed E-state index contributed by atoms with van der Waals surface area (Å²) < 4.78 is 42.8. The van der Waals surface area contributed by atoms with Crippen LogP contribution in [0, 0.1) is 0 Å². The molecule has 0 amide bonds. The summed E-state index contributed by atoms with van der Waals surface area (Å²) in [5.41, 5.74) is 5.42. The zero-order valence-corrected chi connectivity index (χ0v) is 13.7. The van der Waals surface area contributed by atoms with Crippen LogP contribution in [0.5, 0.6) is 0 Å². The van der Waals surface area contributed by atoms with Gasteiger partial charge in [-0.25, -0.2) is 4.79 Å².